The summed E-state index contributed by atoms with van der Waals surface area (Å²) in [5.74, 6) is -0.384. The fourth-order valence-electron chi connectivity index (χ4n) is 1.84. The van der Waals surface area contributed by atoms with E-state index in [1.807, 2.05) is 13.8 Å². The molecule has 0 radical (unpaired) electrons. The first-order chi connectivity index (χ1) is 9.46. The molecule has 0 aliphatic heterocycles. The van der Waals surface area contributed by atoms with Gasteiger partial charge in [-0.25, -0.2) is 0 Å². The van der Waals surface area contributed by atoms with Crippen molar-refractivity contribution in [2.45, 2.75) is 45.2 Å². The molecule has 0 heterocycles. The van der Waals surface area contributed by atoms with Gasteiger partial charge in [0.15, 0.2) is 0 Å². The fraction of sp³-hybridized carbons (Fsp3) is 0.714. The molecule has 6 nitrogen and oxygen atoms in total. The number of rotatable bonds is 10. The summed E-state index contributed by atoms with van der Waals surface area (Å²) in [6.45, 7) is 8.39. The van der Waals surface area contributed by atoms with Gasteiger partial charge in [-0.2, -0.15) is 0 Å². The summed E-state index contributed by atoms with van der Waals surface area (Å²) in [5.41, 5.74) is 6.37. The van der Waals surface area contributed by atoms with Crippen molar-refractivity contribution in [1.29, 1.82) is 0 Å². The maximum absolute atomic E-state index is 12.2. The lowest BCUT2D eigenvalue weighted by Gasteiger charge is -2.23. The van der Waals surface area contributed by atoms with Gasteiger partial charge in [-0.15, -0.1) is 0 Å². The molecule has 2 atom stereocenters. The van der Waals surface area contributed by atoms with Crippen molar-refractivity contribution in [3.8, 4) is 0 Å². The molecule has 0 aliphatic rings. The van der Waals surface area contributed by atoms with E-state index in [2.05, 4.69) is 22.5 Å². The Morgan fingerprint density at radius 3 is 2.35 bits per heavy atom. The Hall–Kier alpha value is -1.40. The van der Waals surface area contributed by atoms with Gasteiger partial charge in [0.1, 0.15) is 6.04 Å². The third-order valence-electron chi connectivity index (χ3n) is 3.01. The first-order valence-electron chi connectivity index (χ1n) is 7.06. The third kappa shape index (κ3) is 7.25. The van der Waals surface area contributed by atoms with Crippen LogP contribution in [0.4, 0.5) is 0 Å². The molecule has 0 rings (SSSR count). The van der Waals surface area contributed by atoms with Crippen molar-refractivity contribution in [2.24, 2.45) is 5.73 Å². The largest absolute Gasteiger partial charge is 0.348 e. The number of hydrogen-bond acceptors (Lipinski definition) is 4. The average molecular weight is 284 g/mol. The van der Waals surface area contributed by atoms with Crippen LogP contribution >= 0.6 is 0 Å². The highest BCUT2D eigenvalue weighted by Crippen LogP contribution is 2.04. The molecular formula is C14H28N4O2. The summed E-state index contributed by atoms with van der Waals surface area (Å²) in [5, 5.41) is 8.39. The number of nitrogens with one attached hydrogen (secondary N) is 3. The minimum atomic E-state index is -0.548. The van der Waals surface area contributed by atoms with Gasteiger partial charge in [0.05, 0.1) is 6.54 Å². The van der Waals surface area contributed by atoms with Crippen LogP contribution in [0.3, 0.4) is 0 Å². The fourth-order valence-corrected chi connectivity index (χ4v) is 1.84. The van der Waals surface area contributed by atoms with Gasteiger partial charge >= 0.3 is 0 Å². The Bertz CT molecular complexity index is 331. The van der Waals surface area contributed by atoms with Crippen LogP contribution in [0, 0.1) is 0 Å². The molecule has 116 valence electrons. The number of carbonyl (C=O) groups is 2. The van der Waals surface area contributed by atoms with Crippen LogP contribution in [0.1, 0.15) is 33.1 Å². The normalized spacial score (nSPS) is 13.4. The quantitative estimate of drug-likeness (QED) is 0.421. The van der Waals surface area contributed by atoms with E-state index in [9.17, 15) is 9.59 Å². The number of nitrogens with two attached hydrogens (primary N) is 1. The summed E-state index contributed by atoms with van der Waals surface area (Å²) >= 11 is 0. The van der Waals surface area contributed by atoms with Crippen molar-refractivity contribution in [3.05, 3.63) is 12.2 Å². The molecule has 2 amide bonds. The molecule has 0 spiro atoms. The summed E-state index contributed by atoms with van der Waals surface area (Å²) in [6, 6.07) is -0.614. The van der Waals surface area contributed by atoms with Gasteiger partial charge in [0.25, 0.3) is 0 Å². The van der Waals surface area contributed by atoms with Crippen LogP contribution in [0.2, 0.25) is 0 Å². The molecule has 1 unspecified atom stereocenters. The van der Waals surface area contributed by atoms with Gasteiger partial charge in [-0.1, -0.05) is 19.1 Å². The van der Waals surface area contributed by atoms with E-state index in [-0.39, 0.29) is 24.4 Å². The molecule has 0 saturated carbocycles. The molecule has 0 saturated heterocycles. The highest BCUT2D eigenvalue weighted by molar-refractivity contribution is 5.88. The summed E-state index contributed by atoms with van der Waals surface area (Å²) in [6.07, 6.45) is 1.99. The van der Waals surface area contributed by atoms with E-state index in [0.29, 0.717) is 19.4 Å². The van der Waals surface area contributed by atoms with Crippen molar-refractivity contribution < 1.29 is 9.59 Å². The van der Waals surface area contributed by atoms with Crippen molar-refractivity contribution in [2.75, 3.05) is 20.1 Å². The van der Waals surface area contributed by atoms with Crippen molar-refractivity contribution >= 4 is 11.8 Å². The van der Waals surface area contributed by atoms with Crippen LogP contribution in [0.25, 0.3) is 0 Å². The Balaban J connectivity index is 4.61. The molecular weight excluding hydrogens is 256 g/mol. The standard InChI is InChI=1S/C14H28N4O2/c1-5-11(10(2)3)18-14(20)12(7-6-8-15)17-13(19)9-16-4/h11-12,16H,2,5-9,15H2,1,3-4H3,(H,17,19)(H,18,20)/t11?,12-/m0/s1. The van der Waals surface area contributed by atoms with Crippen molar-refractivity contribution in [3.63, 3.8) is 0 Å². The SMILES string of the molecule is C=C(C)C(CC)NC(=O)[C@H](CCCN)NC(=O)CNC. The average Bonchev–Trinajstić information content (AvgIpc) is 2.40. The minimum absolute atomic E-state index is 0.0657. The molecule has 0 fully saturated rings. The lowest BCUT2D eigenvalue weighted by molar-refractivity contribution is -0.129. The summed E-state index contributed by atoms with van der Waals surface area (Å²) in [4.78, 5) is 23.8. The first-order valence-corrected chi connectivity index (χ1v) is 7.06. The molecule has 5 N–H and O–H groups in total. The zero-order chi connectivity index (χ0) is 15.5. The van der Waals surface area contributed by atoms with Crippen LogP contribution in [-0.2, 0) is 9.59 Å². The lowest BCUT2D eigenvalue weighted by atomic mass is 10.1. The summed E-state index contributed by atoms with van der Waals surface area (Å²) in [7, 11) is 1.68. The minimum Gasteiger partial charge on any atom is -0.348 e. The first kappa shape index (κ1) is 18.6. The van der Waals surface area contributed by atoms with E-state index in [0.717, 1.165) is 12.0 Å². The number of hydrogen-bond donors (Lipinski definition) is 4. The topological polar surface area (TPSA) is 96.2 Å². The second-order valence-corrected chi connectivity index (χ2v) is 4.90. The Kier molecular flexibility index (Phi) is 9.67. The van der Waals surface area contributed by atoms with Gasteiger partial charge in [0.2, 0.25) is 11.8 Å². The van der Waals surface area contributed by atoms with E-state index in [1.54, 1.807) is 7.05 Å². The lowest BCUT2D eigenvalue weighted by Crippen LogP contribution is -2.51. The highest BCUT2D eigenvalue weighted by Gasteiger charge is 2.22. The van der Waals surface area contributed by atoms with E-state index in [1.165, 1.54) is 0 Å². The molecule has 20 heavy (non-hydrogen) atoms. The zero-order valence-corrected chi connectivity index (χ0v) is 12.8. The predicted molar refractivity (Wildman–Crippen MR) is 81.2 cm³/mol. The smallest absolute Gasteiger partial charge is 0.243 e. The van der Waals surface area contributed by atoms with E-state index >= 15 is 0 Å². The zero-order valence-electron chi connectivity index (χ0n) is 12.8. The van der Waals surface area contributed by atoms with Gasteiger partial charge in [0, 0.05) is 6.04 Å². The van der Waals surface area contributed by atoms with Crippen LogP contribution in [-0.4, -0.2) is 44.0 Å². The van der Waals surface area contributed by atoms with Crippen molar-refractivity contribution in [1.82, 2.24) is 16.0 Å². The van der Waals surface area contributed by atoms with Gasteiger partial charge in [-0.3, -0.25) is 9.59 Å². The Morgan fingerprint density at radius 1 is 1.25 bits per heavy atom. The van der Waals surface area contributed by atoms with Crippen LogP contribution in [0.5, 0.6) is 0 Å². The maximum Gasteiger partial charge on any atom is 0.243 e. The van der Waals surface area contributed by atoms with Crippen LogP contribution < -0.4 is 21.7 Å². The molecule has 0 aromatic heterocycles. The number of amides is 2. The highest BCUT2D eigenvalue weighted by atomic mass is 16.2. The molecule has 0 aliphatic carbocycles. The van der Waals surface area contributed by atoms with E-state index in [4.69, 9.17) is 5.73 Å². The second kappa shape index (κ2) is 10.4. The Morgan fingerprint density at radius 2 is 1.90 bits per heavy atom. The van der Waals surface area contributed by atoms with Gasteiger partial charge < -0.3 is 21.7 Å². The molecule has 0 bridgehead atoms. The predicted octanol–water partition coefficient (Wildman–Crippen LogP) is -0.0996. The Labute approximate surface area is 121 Å². The second-order valence-electron chi connectivity index (χ2n) is 4.90. The molecule has 0 aromatic rings. The number of carbonyl (C=O) groups excluding carboxylic acids is 2. The van der Waals surface area contributed by atoms with Crippen LogP contribution in [0.15, 0.2) is 12.2 Å². The maximum atomic E-state index is 12.2. The number of likely N-dealkylation sites (N-methyl/N-ethyl adjacent to an activating group) is 1. The molecule has 0 aromatic carbocycles. The van der Waals surface area contributed by atoms with E-state index < -0.39 is 6.04 Å². The molecule has 6 heteroatoms. The third-order valence-corrected chi connectivity index (χ3v) is 3.01. The summed E-state index contributed by atoms with van der Waals surface area (Å²) < 4.78 is 0. The van der Waals surface area contributed by atoms with Gasteiger partial charge in [-0.05, 0) is 39.8 Å². The monoisotopic (exact) mass is 284 g/mol.